The number of hydrogen-bond acceptors (Lipinski definition) is 14. The Hall–Kier alpha value is -5.99. The van der Waals surface area contributed by atoms with Crippen LogP contribution in [0.1, 0.15) is 52.0 Å². The Labute approximate surface area is 294 Å². The molecule has 0 aliphatic carbocycles. The molecule has 0 amide bonds. The van der Waals surface area contributed by atoms with Gasteiger partial charge in [0.25, 0.3) is 0 Å². The molecule has 0 bridgehead atoms. The van der Waals surface area contributed by atoms with Crippen molar-refractivity contribution in [3.63, 3.8) is 0 Å². The molecule has 0 saturated carbocycles. The summed E-state index contributed by atoms with van der Waals surface area (Å²) in [7, 11) is 0. The number of benzene rings is 3. The summed E-state index contributed by atoms with van der Waals surface area (Å²) in [5, 5.41) is 9.93. The monoisotopic (exact) mass is 706 g/mol. The van der Waals surface area contributed by atoms with E-state index in [4.69, 9.17) is 37.9 Å². The van der Waals surface area contributed by atoms with Gasteiger partial charge in [-0.05, 0) is 105 Å². The van der Waals surface area contributed by atoms with Gasteiger partial charge in [0, 0.05) is 12.2 Å². The zero-order chi connectivity index (χ0) is 37.0. The number of ether oxygens (including phenoxy) is 8. The van der Waals surface area contributed by atoms with Gasteiger partial charge in [0.2, 0.25) is 0 Å². The van der Waals surface area contributed by atoms with Crippen LogP contribution >= 0.6 is 0 Å². The second-order valence-electron chi connectivity index (χ2n) is 10.4. The minimum Gasteiger partial charge on any atom is -0.463 e. The molecule has 3 aromatic carbocycles. The molecule has 0 aromatic heterocycles. The Morgan fingerprint density at radius 3 is 1.67 bits per heavy atom. The lowest BCUT2D eigenvalue weighted by molar-refractivity contribution is -0.217. The van der Waals surface area contributed by atoms with Crippen LogP contribution in [0.4, 0.5) is 4.79 Å². The van der Waals surface area contributed by atoms with Crippen molar-refractivity contribution >= 4 is 30.0 Å². The van der Waals surface area contributed by atoms with E-state index >= 15 is 0 Å². The molecule has 0 aliphatic rings. The Morgan fingerprint density at radius 2 is 1.12 bits per heavy atom. The van der Waals surface area contributed by atoms with Crippen LogP contribution in [0, 0.1) is 6.92 Å². The average molecular weight is 707 g/mol. The molecule has 14 heteroatoms. The molecule has 0 spiro atoms. The van der Waals surface area contributed by atoms with Crippen molar-refractivity contribution in [2.24, 2.45) is 0 Å². The Kier molecular flexibility index (Phi) is 16.4. The SMILES string of the molecule is C=CC(=O)OCCCCOC(=O)Oc1ccc(C(=O)Oc2ccc(OC(=O)c3ccc(OC(O)OCCCCOC(=O)C=C)cc3)c(C)c2)cc1. The van der Waals surface area contributed by atoms with Crippen LogP contribution in [0.3, 0.4) is 0 Å². The van der Waals surface area contributed by atoms with E-state index in [1.807, 2.05) is 0 Å². The second-order valence-corrected chi connectivity index (χ2v) is 10.4. The maximum atomic E-state index is 12.7. The minimum atomic E-state index is -1.54. The first-order chi connectivity index (χ1) is 24.6. The first-order valence-electron chi connectivity index (χ1n) is 15.7. The van der Waals surface area contributed by atoms with E-state index in [1.165, 1.54) is 66.7 Å². The Balaban J connectivity index is 1.40. The summed E-state index contributed by atoms with van der Waals surface area (Å²) < 4.78 is 41.1. The summed E-state index contributed by atoms with van der Waals surface area (Å²) in [5.74, 6) is -1.50. The fraction of sp³-hybridized carbons (Fsp3) is 0.270. The molecule has 14 nitrogen and oxygen atoms in total. The van der Waals surface area contributed by atoms with Crippen molar-refractivity contribution < 1.29 is 67.0 Å². The van der Waals surface area contributed by atoms with Gasteiger partial charge in [0.15, 0.2) is 0 Å². The van der Waals surface area contributed by atoms with E-state index in [2.05, 4.69) is 13.2 Å². The molecule has 1 N–H and O–H groups in total. The van der Waals surface area contributed by atoms with Crippen LogP contribution < -0.4 is 18.9 Å². The molecule has 3 rings (SSSR count). The van der Waals surface area contributed by atoms with E-state index in [9.17, 15) is 29.1 Å². The molecule has 0 aliphatic heterocycles. The molecule has 0 radical (unpaired) electrons. The van der Waals surface area contributed by atoms with Crippen molar-refractivity contribution in [3.8, 4) is 23.0 Å². The molecular formula is C37H38O14. The lowest BCUT2D eigenvalue weighted by Crippen LogP contribution is -2.20. The normalized spacial score (nSPS) is 10.9. The smallest absolute Gasteiger partial charge is 0.463 e. The quantitative estimate of drug-likeness (QED) is 0.0290. The number of carbonyl (C=O) groups excluding carboxylic acids is 5. The summed E-state index contributed by atoms with van der Waals surface area (Å²) in [6.07, 6.45) is 3.23. The van der Waals surface area contributed by atoms with E-state index in [0.29, 0.717) is 31.2 Å². The van der Waals surface area contributed by atoms with Gasteiger partial charge in [-0.1, -0.05) is 13.2 Å². The summed E-state index contributed by atoms with van der Waals surface area (Å²) in [4.78, 5) is 59.3. The lowest BCUT2D eigenvalue weighted by Gasteiger charge is -2.14. The van der Waals surface area contributed by atoms with Gasteiger partial charge in [-0.15, -0.1) is 0 Å². The van der Waals surface area contributed by atoms with E-state index < -0.39 is 36.5 Å². The third-order valence-corrected chi connectivity index (χ3v) is 6.56. The van der Waals surface area contributed by atoms with Crippen molar-refractivity contribution in [1.29, 1.82) is 0 Å². The number of esters is 4. The third-order valence-electron chi connectivity index (χ3n) is 6.56. The highest BCUT2D eigenvalue weighted by atomic mass is 16.8. The fourth-order valence-corrected chi connectivity index (χ4v) is 3.94. The van der Waals surface area contributed by atoms with Crippen molar-refractivity contribution in [1.82, 2.24) is 0 Å². The fourth-order valence-electron chi connectivity index (χ4n) is 3.94. The summed E-state index contributed by atoms with van der Waals surface area (Å²) in [6.45, 7) is 7.36. The molecule has 1 unspecified atom stereocenters. The largest absolute Gasteiger partial charge is 0.513 e. The number of rotatable bonds is 20. The minimum absolute atomic E-state index is 0.0692. The maximum Gasteiger partial charge on any atom is 0.513 e. The molecule has 0 saturated heterocycles. The summed E-state index contributed by atoms with van der Waals surface area (Å²) in [5.41, 5.74) is 0.923. The molecule has 0 heterocycles. The molecule has 3 aromatic rings. The highest BCUT2D eigenvalue weighted by Crippen LogP contribution is 2.26. The van der Waals surface area contributed by atoms with E-state index in [-0.39, 0.29) is 60.6 Å². The van der Waals surface area contributed by atoms with Gasteiger partial charge in [-0.25, -0.2) is 24.0 Å². The average Bonchev–Trinajstić information content (AvgIpc) is 3.12. The number of hydrogen-bond donors (Lipinski definition) is 1. The molecule has 0 fully saturated rings. The number of aliphatic hydroxyl groups excluding tert-OH is 1. The predicted molar refractivity (Wildman–Crippen MR) is 179 cm³/mol. The number of aliphatic hydroxyl groups is 1. The maximum absolute atomic E-state index is 12.7. The Bertz CT molecular complexity index is 1650. The van der Waals surface area contributed by atoms with Crippen molar-refractivity contribution in [2.45, 2.75) is 39.1 Å². The standard InChI is InChI=1S/C37H38O14/c1-4-32(38)44-20-6-8-22-46-36(42)49-28-14-10-26(11-15-28)34(40)48-30-18-19-31(25(3)24-30)51-35(41)27-12-16-29(17-13-27)50-37(43)47-23-9-7-21-45-33(39)5-2/h4-5,10-19,24,37,43H,1-2,6-9,20-23H2,3H3. The molecule has 270 valence electrons. The van der Waals surface area contributed by atoms with Crippen LogP contribution in [0.2, 0.25) is 0 Å². The van der Waals surface area contributed by atoms with Crippen LogP contribution in [0.25, 0.3) is 0 Å². The van der Waals surface area contributed by atoms with Crippen molar-refractivity contribution in [2.75, 3.05) is 26.4 Å². The van der Waals surface area contributed by atoms with Crippen LogP contribution in [-0.4, -0.2) is 68.0 Å². The van der Waals surface area contributed by atoms with Gasteiger partial charge >= 0.3 is 36.5 Å². The first-order valence-corrected chi connectivity index (χ1v) is 15.7. The van der Waals surface area contributed by atoms with E-state index in [1.54, 1.807) is 6.92 Å². The second kappa shape index (κ2) is 21.2. The zero-order valence-corrected chi connectivity index (χ0v) is 27.9. The lowest BCUT2D eigenvalue weighted by atomic mass is 10.2. The molecule has 51 heavy (non-hydrogen) atoms. The summed E-state index contributed by atoms with van der Waals surface area (Å²) >= 11 is 0. The van der Waals surface area contributed by atoms with Crippen LogP contribution in [0.15, 0.2) is 92.0 Å². The van der Waals surface area contributed by atoms with Crippen molar-refractivity contribution in [3.05, 3.63) is 109 Å². The Morgan fingerprint density at radius 1 is 0.627 bits per heavy atom. The van der Waals surface area contributed by atoms with Gasteiger partial charge in [0.1, 0.15) is 23.0 Å². The first kappa shape index (κ1) is 39.4. The van der Waals surface area contributed by atoms with Gasteiger partial charge in [-0.2, -0.15) is 0 Å². The van der Waals surface area contributed by atoms with E-state index in [0.717, 1.165) is 12.2 Å². The highest BCUT2D eigenvalue weighted by molar-refractivity contribution is 5.92. The van der Waals surface area contributed by atoms with Crippen LogP contribution in [0.5, 0.6) is 23.0 Å². The van der Waals surface area contributed by atoms with Gasteiger partial charge in [-0.3, -0.25) is 0 Å². The zero-order valence-electron chi connectivity index (χ0n) is 27.9. The van der Waals surface area contributed by atoms with Crippen LogP contribution in [-0.2, 0) is 28.5 Å². The van der Waals surface area contributed by atoms with Gasteiger partial charge in [0.05, 0.1) is 37.6 Å². The number of aryl methyl sites for hydroxylation is 1. The topological polar surface area (TPSA) is 179 Å². The highest BCUT2D eigenvalue weighted by Gasteiger charge is 2.15. The third kappa shape index (κ3) is 14.6. The molecule has 1 atom stereocenters. The summed E-state index contributed by atoms with van der Waals surface area (Å²) in [6, 6.07) is 16.0. The predicted octanol–water partition coefficient (Wildman–Crippen LogP) is 5.64. The molecular weight excluding hydrogens is 668 g/mol. The van der Waals surface area contributed by atoms with Gasteiger partial charge < -0.3 is 43.0 Å². The number of carbonyl (C=O) groups is 5. The number of unbranched alkanes of at least 4 members (excludes halogenated alkanes) is 2.